The molecular weight excluding hydrogens is 210 g/mol. The van der Waals surface area contributed by atoms with Crippen molar-refractivity contribution in [2.24, 2.45) is 11.7 Å². The second kappa shape index (κ2) is 5.09. The predicted octanol–water partition coefficient (Wildman–Crippen LogP) is 3.50. The molecule has 1 atom stereocenters. The van der Waals surface area contributed by atoms with Gasteiger partial charge in [-0.25, -0.2) is 0 Å². The molecule has 0 spiro atoms. The van der Waals surface area contributed by atoms with E-state index in [1.165, 1.54) is 36.0 Å². The van der Waals surface area contributed by atoms with Gasteiger partial charge in [0.1, 0.15) is 5.75 Å². The maximum absolute atomic E-state index is 6.35. The molecule has 2 nitrogen and oxygen atoms in total. The number of rotatable bonds is 4. The Hall–Kier alpha value is -1.02. The van der Waals surface area contributed by atoms with Gasteiger partial charge in [-0.15, -0.1) is 0 Å². The highest BCUT2D eigenvalue weighted by atomic mass is 16.5. The first kappa shape index (κ1) is 12.4. The van der Waals surface area contributed by atoms with Gasteiger partial charge < -0.3 is 10.5 Å². The summed E-state index contributed by atoms with van der Waals surface area (Å²) in [6, 6.07) is 4.55. The lowest BCUT2D eigenvalue weighted by Gasteiger charge is -2.32. The largest absolute Gasteiger partial charge is 0.494 e. The Morgan fingerprint density at radius 1 is 1.29 bits per heavy atom. The third-order valence-corrected chi connectivity index (χ3v) is 3.88. The van der Waals surface area contributed by atoms with Gasteiger partial charge >= 0.3 is 0 Å². The number of hydrogen-bond acceptors (Lipinski definition) is 2. The minimum atomic E-state index is 0.207. The van der Waals surface area contributed by atoms with Crippen molar-refractivity contribution in [3.63, 3.8) is 0 Å². The molecule has 0 radical (unpaired) electrons. The smallest absolute Gasteiger partial charge is 0.122 e. The molecule has 1 unspecified atom stereocenters. The summed E-state index contributed by atoms with van der Waals surface area (Å²) in [7, 11) is 0. The lowest BCUT2D eigenvalue weighted by atomic mass is 9.76. The van der Waals surface area contributed by atoms with E-state index in [1.807, 2.05) is 6.92 Å². The Kier molecular flexibility index (Phi) is 3.72. The molecular formula is C15H23NO. The van der Waals surface area contributed by atoms with Gasteiger partial charge in [0.25, 0.3) is 0 Å². The predicted molar refractivity (Wildman–Crippen MR) is 71.4 cm³/mol. The molecule has 0 heterocycles. The van der Waals surface area contributed by atoms with Crippen molar-refractivity contribution < 1.29 is 4.74 Å². The molecule has 0 saturated heterocycles. The van der Waals surface area contributed by atoms with E-state index in [1.54, 1.807) is 0 Å². The minimum absolute atomic E-state index is 0.207. The average molecular weight is 233 g/mol. The van der Waals surface area contributed by atoms with Crippen molar-refractivity contribution in [2.75, 3.05) is 6.61 Å². The van der Waals surface area contributed by atoms with Gasteiger partial charge in [0.05, 0.1) is 6.61 Å². The van der Waals surface area contributed by atoms with Crippen molar-refractivity contribution in [3.8, 4) is 5.75 Å². The molecule has 17 heavy (non-hydrogen) atoms. The summed E-state index contributed by atoms with van der Waals surface area (Å²) in [5, 5.41) is 0. The summed E-state index contributed by atoms with van der Waals surface area (Å²) in [6.45, 7) is 6.97. The van der Waals surface area contributed by atoms with Crippen LogP contribution >= 0.6 is 0 Å². The van der Waals surface area contributed by atoms with Crippen LogP contribution in [0.15, 0.2) is 12.1 Å². The molecule has 1 aromatic rings. The number of aryl methyl sites for hydroxylation is 2. The normalized spacial score (nSPS) is 17.6. The molecule has 2 N–H and O–H groups in total. The highest BCUT2D eigenvalue weighted by molar-refractivity contribution is 5.43. The number of hydrogen-bond donors (Lipinski definition) is 1. The van der Waals surface area contributed by atoms with Crippen LogP contribution in [0.25, 0.3) is 0 Å². The van der Waals surface area contributed by atoms with Crippen LogP contribution in [0.4, 0.5) is 0 Å². The van der Waals surface area contributed by atoms with Crippen LogP contribution in [-0.2, 0) is 0 Å². The van der Waals surface area contributed by atoms with Gasteiger partial charge in [-0.05, 0) is 62.3 Å². The highest BCUT2D eigenvalue weighted by Crippen LogP contribution is 2.38. The first-order chi connectivity index (χ1) is 8.13. The number of ether oxygens (including phenoxy) is 1. The van der Waals surface area contributed by atoms with E-state index in [0.717, 1.165) is 5.75 Å². The number of nitrogens with two attached hydrogens (primary N) is 1. The second-order valence-electron chi connectivity index (χ2n) is 5.12. The standard InChI is InChI=1S/C15H23NO/c1-4-17-14-9-10(2)13(8-11(14)3)15(16)12-6-5-7-12/h8-9,12,15H,4-7,16H2,1-3H3. The van der Waals surface area contributed by atoms with Gasteiger partial charge in [-0.3, -0.25) is 0 Å². The van der Waals surface area contributed by atoms with E-state index in [2.05, 4.69) is 26.0 Å². The van der Waals surface area contributed by atoms with Crippen LogP contribution in [0.5, 0.6) is 5.75 Å². The van der Waals surface area contributed by atoms with Crippen molar-refractivity contribution in [3.05, 3.63) is 28.8 Å². The fraction of sp³-hybridized carbons (Fsp3) is 0.600. The molecule has 0 aromatic heterocycles. The zero-order chi connectivity index (χ0) is 12.4. The topological polar surface area (TPSA) is 35.2 Å². The van der Waals surface area contributed by atoms with E-state index in [-0.39, 0.29) is 6.04 Å². The lowest BCUT2D eigenvalue weighted by molar-refractivity contribution is 0.263. The molecule has 0 bridgehead atoms. The Bertz CT molecular complexity index is 396. The van der Waals surface area contributed by atoms with Crippen LogP contribution in [0, 0.1) is 19.8 Å². The van der Waals surface area contributed by atoms with Crippen molar-refractivity contribution in [1.82, 2.24) is 0 Å². The van der Waals surface area contributed by atoms with Gasteiger partial charge in [0.2, 0.25) is 0 Å². The van der Waals surface area contributed by atoms with Crippen LogP contribution in [0.3, 0.4) is 0 Å². The Labute approximate surface area is 104 Å². The zero-order valence-corrected chi connectivity index (χ0v) is 11.1. The van der Waals surface area contributed by atoms with Crippen LogP contribution < -0.4 is 10.5 Å². The van der Waals surface area contributed by atoms with E-state index >= 15 is 0 Å². The second-order valence-corrected chi connectivity index (χ2v) is 5.12. The first-order valence-electron chi connectivity index (χ1n) is 6.63. The molecule has 1 aromatic carbocycles. The van der Waals surface area contributed by atoms with Crippen LogP contribution in [0.2, 0.25) is 0 Å². The van der Waals surface area contributed by atoms with Crippen LogP contribution in [0.1, 0.15) is 48.9 Å². The van der Waals surface area contributed by atoms with E-state index in [9.17, 15) is 0 Å². The zero-order valence-electron chi connectivity index (χ0n) is 11.1. The summed E-state index contributed by atoms with van der Waals surface area (Å²) in [5.74, 6) is 1.68. The number of benzene rings is 1. The van der Waals surface area contributed by atoms with Crippen molar-refractivity contribution >= 4 is 0 Å². The molecule has 1 aliphatic rings. The minimum Gasteiger partial charge on any atom is -0.494 e. The molecule has 2 heteroatoms. The quantitative estimate of drug-likeness (QED) is 0.863. The molecule has 1 aliphatic carbocycles. The first-order valence-corrected chi connectivity index (χ1v) is 6.63. The molecule has 1 fully saturated rings. The molecule has 0 amide bonds. The van der Waals surface area contributed by atoms with Crippen molar-refractivity contribution in [1.29, 1.82) is 0 Å². The monoisotopic (exact) mass is 233 g/mol. The van der Waals surface area contributed by atoms with E-state index in [0.29, 0.717) is 12.5 Å². The third-order valence-electron chi connectivity index (χ3n) is 3.88. The maximum Gasteiger partial charge on any atom is 0.122 e. The third kappa shape index (κ3) is 2.47. The fourth-order valence-electron chi connectivity index (χ4n) is 2.54. The fourth-order valence-corrected chi connectivity index (χ4v) is 2.54. The maximum atomic E-state index is 6.35. The van der Waals surface area contributed by atoms with E-state index in [4.69, 9.17) is 10.5 Å². The van der Waals surface area contributed by atoms with Crippen molar-refractivity contribution in [2.45, 2.75) is 46.1 Å². The van der Waals surface area contributed by atoms with Crippen LogP contribution in [-0.4, -0.2) is 6.61 Å². The Morgan fingerprint density at radius 2 is 2.00 bits per heavy atom. The molecule has 0 aliphatic heterocycles. The Morgan fingerprint density at radius 3 is 2.53 bits per heavy atom. The highest BCUT2D eigenvalue weighted by Gasteiger charge is 2.26. The summed E-state index contributed by atoms with van der Waals surface area (Å²) < 4.78 is 5.61. The van der Waals surface area contributed by atoms with Gasteiger partial charge in [-0.1, -0.05) is 12.5 Å². The Balaban J connectivity index is 2.25. The molecule has 1 saturated carbocycles. The lowest BCUT2D eigenvalue weighted by Crippen LogP contribution is -2.27. The van der Waals surface area contributed by atoms with Gasteiger partial charge in [0.15, 0.2) is 0 Å². The summed E-state index contributed by atoms with van der Waals surface area (Å²) >= 11 is 0. The summed E-state index contributed by atoms with van der Waals surface area (Å²) in [6.07, 6.45) is 3.91. The van der Waals surface area contributed by atoms with Gasteiger partial charge in [-0.2, -0.15) is 0 Å². The average Bonchev–Trinajstić information content (AvgIpc) is 2.20. The van der Waals surface area contributed by atoms with E-state index < -0.39 is 0 Å². The SMILES string of the molecule is CCOc1cc(C)c(C(N)C2CCC2)cc1C. The summed E-state index contributed by atoms with van der Waals surface area (Å²) in [5.41, 5.74) is 10.1. The molecule has 2 rings (SSSR count). The summed E-state index contributed by atoms with van der Waals surface area (Å²) in [4.78, 5) is 0. The molecule has 94 valence electrons. The van der Waals surface area contributed by atoms with Gasteiger partial charge in [0, 0.05) is 6.04 Å².